The zero-order valence-electron chi connectivity index (χ0n) is 11.8. The number of halogens is 1. The summed E-state index contributed by atoms with van der Waals surface area (Å²) in [7, 11) is 1.34. The first kappa shape index (κ1) is 15.0. The fourth-order valence-corrected chi connectivity index (χ4v) is 3.09. The number of aryl methyl sites for hydroxylation is 1. The lowest BCUT2D eigenvalue weighted by Gasteiger charge is -2.10. The number of carbonyl (C=O) groups excluding carboxylic acids is 2. The largest absolute Gasteiger partial charge is 0.468 e. The van der Waals surface area contributed by atoms with Gasteiger partial charge in [-0.3, -0.25) is 9.59 Å². The monoisotopic (exact) mass is 294 g/mol. The van der Waals surface area contributed by atoms with Gasteiger partial charge in [0.25, 0.3) is 0 Å². The van der Waals surface area contributed by atoms with Crippen molar-refractivity contribution < 1.29 is 14.3 Å². The quantitative estimate of drug-likeness (QED) is 0.632. The van der Waals surface area contributed by atoms with Gasteiger partial charge in [0.1, 0.15) is 11.7 Å². The number of benzene rings is 1. The molecule has 0 aliphatic heterocycles. The van der Waals surface area contributed by atoms with Crippen molar-refractivity contribution >= 4 is 23.4 Å². The Morgan fingerprint density at radius 1 is 1.35 bits per heavy atom. The summed E-state index contributed by atoms with van der Waals surface area (Å²) >= 11 is 5.85. The highest BCUT2D eigenvalue weighted by atomic mass is 35.5. The second-order valence-electron chi connectivity index (χ2n) is 5.48. The average molecular weight is 295 g/mol. The first-order valence-corrected chi connectivity index (χ1v) is 7.26. The molecule has 4 heteroatoms. The summed E-state index contributed by atoms with van der Waals surface area (Å²) in [5.41, 5.74) is 1.16. The van der Waals surface area contributed by atoms with Crippen molar-refractivity contribution in [3.63, 3.8) is 0 Å². The number of methoxy groups -OCH3 is 1. The smallest absolute Gasteiger partial charge is 0.316 e. The van der Waals surface area contributed by atoms with Crippen LogP contribution in [0.1, 0.15) is 25.3 Å². The van der Waals surface area contributed by atoms with Crippen LogP contribution in [-0.4, -0.2) is 18.9 Å². The molecule has 0 radical (unpaired) electrons. The second-order valence-corrected chi connectivity index (χ2v) is 5.91. The third-order valence-corrected chi connectivity index (χ3v) is 4.34. The van der Waals surface area contributed by atoms with Gasteiger partial charge in [0.05, 0.1) is 7.11 Å². The van der Waals surface area contributed by atoms with Gasteiger partial charge in [-0.25, -0.2) is 0 Å². The highest BCUT2D eigenvalue weighted by Gasteiger charge is 2.44. The minimum atomic E-state index is -0.574. The van der Waals surface area contributed by atoms with Crippen LogP contribution in [-0.2, 0) is 20.7 Å². The maximum Gasteiger partial charge on any atom is 0.316 e. The standard InChI is InChI=1S/C16H19ClO3/c1-10-9-12(15(18)14(10)16(19)20-2)6-3-11-4-7-13(17)8-5-11/h4-5,7-8,10,12,14H,3,6,9H2,1-2H3/t10-,12?,14+/m0/s1. The van der Waals surface area contributed by atoms with Gasteiger partial charge < -0.3 is 4.74 Å². The summed E-state index contributed by atoms with van der Waals surface area (Å²) in [6.45, 7) is 1.95. The number of rotatable bonds is 4. The lowest BCUT2D eigenvalue weighted by Crippen LogP contribution is -2.26. The van der Waals surface area contributed by atoms with Crippen LogP contribution < -0.4 is 0 Å². The summed E-state index contributed by atoms with van der Waals surface area (Å²) in [4.78, 5) is 23.9. The lowest BCUT2D eigenvalue weighted by molar-refractivity contribution is -0.150. The molecule has 1 aromatic carbocycles. The van der Waals surface area contributed by atoms with E-state index in [1.54, 1.807) is 0 Å². The van der Waals surface area contributed by atoms with Crippen molar-refractivity contribution in [1.29, 1.82) is 0 Å². The molecule has 0 saturated heterocycles. The molecule has 1 aromatic rings. The van der Waals surface area contributed by atoms with Gasteiger partial charge in [0.2, 0.25) is 0 Å². The summed E-state index contributed by atoms with van der Waals surface area (Å²) in [6.07, 6.45) is 2.37. The Bertz CT molecular complexity index is 495. The maximum absolute atomic E-state index is 12.3. The highest BCUT2D eigenvalue weighted by molar-refractivity contribution is 6.30. The van der Waals surface area contributed by atoms with E-state index in [9.17, 15) is 9.59 Å². The lowest BCUT2D eigenvalue weighted by atomic mass is 9.95. The maximum atomic E-state index is 12.3. The summed E-state index contributed by atoms with van der Waals surface area (Å²) < 4.78 is 4.72. The van der Waals surface area contributed by atoms with Crippen LogP contribution in [0.3, 0.4) is 0 Å². The van der Waals surface area contributed by atoms with Crippen molar-refractivity contribution in [2.75, 3.05) is 7.11 Å². The van der Waals surface area contributed by atoms with Crippen LogP contribution in [0.25, 0.3) is 0 Å². The Balaban J connectivity index is 1.96. The van der Waals surface area contributed by atoms with Crippen molar-refractivity contribution in [2.24, 2.45) is 17.8 Å². The predicted molar refractivity (Wildman–Crippen MR) is 77.6 cm³/mol. The Labute approximate surface area is 124 Å². The van der Waals surface area contributed by atoms with E-state index in [-0.39, 0.29) is 17.6 Å². The highest BCUT2D eigenvalue weighted by Crippen LogP contribution is 2.36. The van der Waals surface area contributed by atoms with Crippen LogP contribution in [0, 0.1) is 17.8 Å². The van der Waals surface area contributed by atoms with Crippen molar-refractivity contribution in [3.8, 4) is 0 Å². The first-order valence-electron chi connectivity index (χ1n) is 6.89. The molecular weight excluding hydrogens is 276 g/mol. The molecule has 0 N–H and O–H groups in total. The van der Waals surface area contributed by atoms with Crippen molar-refractivity contribution in [2.45, 2.75) is 26.2 Å². The number of ether oxygens (including phenoxy) is 1. The van der Waals surface area contributed by atoms with E-state index in [4.69, 9.17) is 16.3 Å². The minimum Gasteiger partial charge on any atom is -0.468 e. The van der Waals surface area contributed by atoms with E-state index >= 15 is 0 Å². The fourth-order valence-electron chi connectivity index (χ4n) is 2.96. The number of carbonyl (C=O) groups is 2. The third kappa shape index (κ3) is 3.21. The molecule has 1 saturated carbocycles. The second kappa shape index (κ2) is 6.40. The van der Waals surface area contributed by atoms with Crippen LogP contribution in [0.5, 0.6) is 0 Å². The number of hydrogen-bond donors (Lipinski definition) is 0. The number of ketones is 1. The number of hydrogen-bond acceptors (Lipinski definition) is 3. The van der Waals surface area contributed by atoms with E-state index < -0.39 is 11.9 Å². The van der Waals surface area contributed by atoms with Crippen molar-refractivity contribution in [3.05, 3.63) is 34.9 Å². The zero-order chi connectivity index (χ0) is 14.7. The summed E-state index contributed by atoms with van der Waals surface area (Å²) in [5, 5.41) is 0.713. The minimum absolute atomic E-state index is 0.0372. The third-order valence-electron chi connectivity index (χ3n) is 4.08. The van der Waals surface area contributed by atoms with E-state index in [1.165, 1.54) is 7.11 Å². The summed E-state index contributed by atoms with van der Waals surface area (Å²) in [5.74, 6) is -0.889. The van der Waals surface area contributed by atoms with E-state index in [0.717, 1.165) is 24.8 Å². The molecule has 1 unspecified atom stereocenters. The van der Waals surface area contributed by atoms with Gasteiger partial charge in [-0.05, 0) is 42.9 Å². The first-order chi connectivity index (χ1) is 9.52. The Morgan fingerprint density at radius 2 is 2.00 bits per heavy atom. The molecule has 1 fully saturated rings. The van der Waals surface area contributed by atoms with E-state index in [0.29, 0.717) is 5.02 Å². The average Bonchev–Trinajstić information content (AvgIpc) is 2.72. The van der Waals surface area contributed by atoms with Gasteiger partial charge in [-0.15, -0.1) is 0 Å². The van der Waals surface area contributed by atoms with Crippen LogP contribution in [0.4, 0.5) is 0 Å². The molecule has 1 aliphatic carbocycles. The van der Waals surface area contributed by atoms with Crippen LogP contribution in [0.15, 0.2) is 24.3 Å². The molecule has 3 atom stereocenters. The summed E-state index contributed by atoms with van der Waals surface area (Å²) in [6, 6.07) is 7.66. The van der Waals surface area contributed by atoms with Gasteiger partial charge in [0, 0.05) is 10.9 Å². The molecule has 1 aliphatic rings. The zero-order valence-corrected chi connectivity index (χ0v) is 12.5. The van der Waals surface area contributed by atoms with Gasteiger partial charge >= 0.3 is 5.97 Å². The molecule has 0 bridgehead atoms. The molecule has 0 spiro atoms. The van der Waals surface area contributed by atoms with Gasteiger partial charge in [-0.2, -0.15) is 0 Å². The van der Waals surface area contributed by atoms with E-state index in [1.807, 2.05) is 31.2 Å². The molecular formula is C16H19ClO3. The van der Waals surface area contributed by atoms with Crippen LogP contribution >= 0.6 is 11.6 Å². The van der Waals surface area contributed by atoms with Gasteiger partial charge in [-0.1, -0.05) is 30.7 Å². The molecule has 0 aromatic heterocycles. The molecule has 0 heterocycles. The molecule has 108 valence electrons. The van der Waals surface area contributed by atoms with Gasteiger partial charge in [0.15, 0.2) is 0 Å². The normalized spacial score (nSPS) is 25.8. The Kier molecular flexibility index (Phi) is 4.81. The van der Waals surface area contributed by atoms with E-state index in [2.05, 4.69) is 0 Å². The molecule has 20 heavy (non-hydrogen) atoms. The SMILES string of the molecule is COC(=O)[C@H]1C(=O)C(CCc2ccc(Cl)cc2)C[C@@H]1C. The molecule has 3 nitrogen and oxygen atoms in total. The topological polar surface area (TPSA) is 43.4 Å². The molecule has 0 amide bonds. The number of esters is 1. The Morgan fingerprint density at radius 3 is 2.60 bits per heavy atom. The predicted octanol–water partition coefficient (Wildman–Crippen LogP) is 3.29. The Hall–Kier alpha value is -1.35. The van der Waals surface area contributed by atoms with Crippen LogP contribution in [0.2, 0.25) is 5.02 Å². The fraction of sp³-hybridized carbons (Fsp3) is 0.500. The van der Waals surface area contributed by atoms with Crippen molar-refractivity contribution in [1.82, 2.24) is 0 Å². The number of Topliss-reactive ketones (excluding diaryl/α,β-unsaturated/α-hetero) is 1. The molecule has 2 rings (SSSR count).